The quantitative estimate of drug-likeness (QED) is 0.599. The molecule has 2 N–H and O–H groups in total. The summed E-state index contributed by atoms with van der Waals surface area (Å²) in [4.78, 5) is 11.0. The zero-order valence-electron chi connectivity index (χ0n) is 8.14. The van der Waals surface area contributed by atoms with Crippen molar-refractivity contribution in [1.29, 1.82) is 0 Å². The number of hydrogen-bond donors (Lipinski definition) is 1. The molecule has 1 aromatic rings. The maximum absolute atomic E-state index is 13.4. The van der Waals surface area contributed by atoms with Gasteiger partial charge in [0.25, 0.3) is 0 Å². The number of esters is 1. The SMILES string of the molecule is COC(=O)c1c(F)cc(OC)c(N)c1F. The first-order valence-corrected chi connectivity index (χ1v) is 3.92. The largest absolute Gasteiger partial charge is 0.494 e. The van der Waals surface area contributed by atoms with Gasteiger partial charge in [-0.1, -0.05) is 0 Å². The van der Waals surface area contributed by atoms with Crippen molar-refractivity contribution in [3.8, 4) is 5.75 Å². The second kappa shape index (κ2) is 4.12. The number of carbonyl (C=O) groups excluding carboxylic acids is 1. The molecule has 1 aromatic carbocycles. The molecule has 6 heteroatoms. The molecule has 0 aliphatic rings. The van der Waals surface area contributed by atoms with Crippen LogP contribution in [0.3, 0.4) is 0 Å². The van der Waals surface area contributed by atoms with E-state index in [9.17, 15) is 13.6 Å². The predicted molar refractivity (Wildman–Crippen MR) is 48.7 cm³/mol. The van der Waals surface area contributed by atoms with Crippen LogP contribution >= 0.6 is 0 Å². The van der Waals surface area contributed by atoms with E-state index in [-0.39, 0.29) is 5.75 Å². The Kier molecular flexibility index (Phi) is 3.08. The molecule has 82 valence electrons. The lowest BCUT2D eigenvalue weighted by Gasteiger charge is -2.09. The monoisotopic (exact) mass is 217 g/mol. The van der Waals surface area contributed by atoms with Crippen molar-refractivity contribution < 1.29 is 23.0 Å². The molecular formula is C9H9F2NO3. The van der Waals surface area contributed by atoms with Crippen LogP contribution < -0.4 is 10.5 Å². The normalized spacial score (nSPS) is 9.87. The first-order valence-electron chi connectivity index (χ1n) is 3.92. The Labute approximate surface area is 84.6 Å². The van der Waals surface area contributed by atoms with Gasteiger partial charge in [-0.15, -0.1) is 0 Å². The zero-order valence-corrected chi connectivity index (χ0v) is 8.14. The summed E-state index contributed by atoms with van der Waals surface area (Å²) >= 11 is 0. The van der Waals surface area contributed by atoms with Crippen LogP contribution in [-0.4, -0.2) is 20.2 Å². The maximum Gasteiger partial charge on any atom is 0.343 e. The van der Waals surface area contributed by atoms with E-state index in [0.29, 0.717) is 0 Å². The van der Waals surface area contributed by atoms with E-state index in [1.165, 1.54) is 7.11 Å². The summed E-state index contributed by atoms with van der Waals surface area (Å²) in [5.41, 5.74) is 4.03. The molecule has 0 aliphatic heterocycles. The summed E-state index contributed by atoms with van der Waals surface area (Å²) in [6, 6.07) is 0.824. The highest BCUT2D eigenvalue weighted by Crippen LogP contribution is 2.29. The second-order valence-electron chi connectivity index (χ2n) is 2.65. The minimum atomic E-state index is -1.18. The van der Waals surface area contributed by atoms with Gasteiger partial charge in [0.2, 0.25) is 0 Å². The molecular weight excluding hydrogens is 208 g/mol. The highest BCUT2D eigenvalue weighted by Gasteiger charge is 2.23. The smallest absolute Gasteiger partial charge is 0.343 e. The van der Waals surface area contributed by atoms with Gasteiger partial charge in [-0.2, -0.15) is 0 Å². The molecule has 1 rings (SSSR count). The number of methoxy groups -OCH3 is 2. The van der Waals surface area contributed by atoms with Gasteiger partial charge in [0, 0.05) is 6.07 Å². The minimum absolute atomic E-state index is 0.169. The fourth-order valence-corrected chi connectivity index (χ4v) is 1.07. The second-order valence-corrected chi connectivity index (χ2v) is 2.65. The van der Waals surface area contributed by atoms with Crippen molar-refractivity contribution in [2.24, 2.45) is 0 Å². The topological polar surface area (TPSA) is 61.5 Å². The molecule has 0 amide bonds. The minimum Gasteiger partial charge on any atom is -0.494 e. The van der Waals surface area contributed by atoms with Crippen molar-refractivity contribution in [2.45, 2.75) is 0 Å². The van der Waals surface area contributed by atoms with Gasteiger partial charge >= 0.3 is 5.97 Å². The Morgan fingerprint density at radius 3 is 2.47 bits per heavy atom. The molecule has 0 radical (unpaired) electrons. The summed E-state index contributed by atoms with van der Waals surface area (Å²) in [7, 11) is 2.23. The van der Waals surface area contributed by atoms with E-state index < -0.39 is 28.9 Å². The van der Waals surface area contributed by atoms with Crippen LogP contribution in [0.2, 0.25) is 0 Å². The molecule has 0 heterocycles. The average Bonchev–Trinajstić information content (AvgIpc) is 2.23. The predicted octanol–water partition coefficient (Wildman–Crippen LogP) is 1.34. The van der Waals surface area contributed by atoms with Crippen molar-refractivity contribution >= 4 is 11.7 Å². The number of benzene rings is 1. The van der Waals surface area contributed by atoms with E-state index in [0.717, 1.165) is 13.2 Å². The van der Waals surface area contributed by atoms with Crippen LogP contribution in [0.15, 0.2) is 6.07 Å². The first-order chi connectivity index (χ1) is 7.02. The van der Waals surface area contributed by atoms with Crippen LogP contribution in [0.5, 0.6) is 5.75 Å². The number of halogens is 2. The molecule has 0 saturated carbocycles. The molecule has 0 aliphatic carbocycles. The third-order valence-corrected chi connectivity index (χ3v) is 1.83. The Hall–Kier alpha value is -1.85. The van der Waals surface area contributed by atoms with Crippen LogP contribution in [0.25, 0.3) is 0 Å². The van der Waals surface area contributed by atoms with Gasteiger partial charge in [-0.05, 0) is 0 Å². The third kappa shape index (κ3) is 1.83. The fraction of sp³-hybridized carbons (Fsp3) is 0.222. The highest BCUT2D eigenvalue weighted by molar-refractivity contribution is 5.91. The fourth-order valence-electron chi connectivity index (χ4n) is 1.07. The molecule has 0 atom stereocenters. The van der Waals surface area contributed by atoms with E-state index in [1.54, 1.807) is 0 Å². The third-order valence-electron chi connectivity index (χ3n) is 1.83. The maximum atomic E-state index is 13.4. The van der Waals surface area contributed by atoms with Gasteiger partial charge in [0.1, 0.15) is 22.8 Å². The summed E-state index contributed by atoms with van der Waals surface area (Å²) in [5.74, 6) is -3.55. The van der Waals surface area contributed by atoms with Crippen LogP contribution in [0.1, 0.15) is 10.4 Å². The van der Waals surface area contributed by atoms with Gasteiger partial charge in [-0.3, -0.25) is 0 Å². The van der Waals surface area contributed by atoms with Crippen LogP contribution in [0, 0.1) is 11.6 Å². The van der Waals surface area contributed by atoms with Gasteiger partial charge < -0.3 is 15.2 Å². The van der Waals surface area contributed by atoms with E-state index in [4.69, 9.17) is 5.73 Å². The van der Waals surface area contributed by atoms with Crippen molar-refractivity contribution in [1.82, 2.24) is 0 Å². The average molecular weight is 217 g/mol. The Morgan fingerprint density at radius 1 is 1.40 bits per heavy atom. The van der Waals surface area contributed by atoms with Crippen LogP contribution in [0.4, 0.5) is 14.5 Å². The Bertz CT molecular complexity index is 407. The summed E-state index contributed by atoms with van der Waals surface area (Å²) in [6.07, 6.45) is 0. The highest BCUT2D eigenvalue weighted by atomic mass is 19.1. The number of nitrogens with two attached hydrogens (primary N) is 1. The van der Waals surface area contributed by atoms with E-state index in [1.807, 2.05) is 0 Å². The number of hydrogen-bond acceptors (Lipinski definition) is 4. The number of nitrogen functional groups attached to an aromatic ring is 1. The molecule has 0 aromatic heterocycles. The molecule has 4 nitrogen and oxygen atoms in total. The first kappa shape index (κ1) is 11.2. The lowest BCUT2D eigenvalue weighted by atomic mass is 10.1. The zero-order chi connectivity index (χ0) is 11.6. The standard InChI is InChI=1S/C9H9F2NO3/c1-14-5-3-4(10)6(9(13)15-2)7(11)8(5)12/h3H,12H2,1-2H3. The van der Waals surface area contributed by atoms with Crippen molar-refractivity contribution in [3.63, 3.8) is 0 Å². The van der Waals surface area contributed by atoms with Gasteiger partial charge in [0.15, 0.2) is 5.82 Å². The summed E-state index contributed by atoms with van der Waals surface area (Å²) in [5, 5.41) is 0. The van der Waals surface area contributed by atoms with Crippen molar-refractivity contribution in [2.75, 3.05) is 20.0 Å². The number of rotatable bonds is 2. The Balaban J connectivity index is 3.42. The van der Waals surface area contributed by atoms with Gasteiger partial charge in [0.05, 0.1) is 14.2 Å². The number of carbonyl (C=O) groups is 1. The summed E-state index contributed by atoms with van der Waals surface area (Å²) < 4.78 is 35.5. The lowest BCUT2D eigenvalue weighted by molar-refractivity contribution is 0.0590. The van der Waals surface area contributed by atoms with Crippen LogP contribution in [-0.2, 0) is 4.74 Å². The van der Waals surface area contributed by atoms with Gasteiger partial charge in [-0.25, -0.2) is 13.6 Å². The molecule has 15 heavy (non-hydrogen) atoms. The molecule has 0 spiro atoms. The molecule has 0 unspecified atom stereocenters. The van der Waals surface area contributed by atoms with E-state index >= 15 is 0 Å². The lowest BCUT2D eigenvalue weighted by Crippen LogP contribution is -2.11. The molecule has 0 saturated heterocycles. The van der Waals surface area contributed by atoms with Crippen molar-refractivity contribution in [3.05, 3.63) is 23.3 Å². The summed E-state index contributed by atoms with van der Waals surface area (Å²) in [6.45, 7) is 0. The number of anilines is 1. The number of ether oxygens (including phenoxy) is 2. The Morgan fingerprint density at radius 2 is 2.00 bits per heavy atom. The molecule has 0 fully saturated rings. The molecule has 0 bridgehead atoms. The van der Waals surface area contributed by atoms with E-state index in [2.05, 4.69) is 9.47 Å².